The lowest BCUT2D eigenvalue weighted by Gasteiger charge is -2.38. The lowest BCUT2D eigenvalue weighted by Crippen LogP contribution is -2.49. The number of anilines is 1. The first-order chi connectivity index (χ1) is 12.6. The molecule has 8 heteroatoms. The third-order valence-corrected chi connectivity index (χ3v) is 4.52. The molecule has 2 aromatic rings. The summed E-state index contributed by atoms with van der Waals surface area (Å²) < 4.78 is 10.6. The Balaban J connectivity index is 1.81. The molecule has 1 aromatic carbocycles. The maximum Gasteiger partial charge on any atom is 0.325 e. The quantitative estimate of drug-likeness (QED) is 0.830. The Labute approximate surface area is 152 Å². The van der Waals surface area contributed by atoms with Crippen LogP contribution in [0.1, 0.15) is 11.6 Å². The van der Waals surface area contributed by atoms with Crippen LogP contribution >= 0.6 is 0 Å². The molecule has 2 heterocycles. The van der Waals surface area contributed by atoms with E-state index in [0.717, 1.165) is 5.82 Å². The Hall–Kier alpha value is -2.87. The summed E-state index contributed by atoms with van der Waals surface area (Å²) in [6.07, 6.45) is 5.01. The second-order valence-corrected chi connectivity index (χ2v) is 5.94. The highest BCUT2D eigenvalue weighted by molar-refractivity contribution is 5.77. The monoisotopic (exact) mass is 358 g/mol. The zero-order valence-electron chi connectivity index (χ0n) is 14.8. The number of carboxylic acid groups (broad SMARTS) is 1. The molecule has 26 heavy (non-hydrogen) atoms. The van der Waals surface area contributed by atoms with Crippen molar-refractivity contribution in [2.75, 3.05) is 45.3 Å². The average Bonchev–Trinajstić information content (AvgIpc) is 2.69. The van der Waals surface area contributed by atoms with Crippen LogP contribution in [-0.4, -0.2) is 66.3 Å². The van der Waals surface area contributed by atoms with Crippen LogP contribution in [0.5, 0.6) is 11.5 Å². The van der Waals surface area contributed by atoms with Gasteiger partial charge in [-0.05, 0) is 18.2 Å². The smallest absolute Gasteiger partial charge is 0.325 e. The Morgan fingerprint density at radius 2 is 1.92 bits per heavy atom. The zero-order chi connectivity index (χ0) is 18.5. The van der Waals surface area contributed by atoms with E-state index in [9.17, 15) is 9.90 Å². The van der Waals surface area contributed by atoms with Gasteiger partial charge in [-0.15, -0.1) is 0 Å². The third-order valence-electron chi connectivity index (χ3n) is 4.52. The second kappa shape index (κ2) is 8.01. The summed E-state index contributed by atoms with van der Waals surface area (Å²) in [7, 11) is 3.09. The minimum absolute atomic E-state index is 0.537. The normalized spacial score (nSPS) is 16.2. The van der Waals surface area contributed by atoms with Crippen molar-refractivity contribution in [3.8, 4) is 11.5 Å². The summed E-state index contributed by atoms with van der Waals surface area (Å²) >= 11 is 0. The first kappa shape index (κ1) is 17.9. The molecule has 138 valence electrons. The molecule has 1 aromatic heterocycles. The molecule has 0 radical (unpaired) electrons. The first-order valence-corrected chi connectivity index (χ1v) is 8.33. The predicted molar refractivity (Wildman–Crippen MR) is 95.7 cm³/mol. The minimum atomic E-state index is -0.912. The van der Waals surface area contributed by atoms with Gasteiger partial charge in [-0.1, -0.05) is 0 Å². The molecule has 1 aliphatic heterocycles. The van der Waals surface area contributed by atoms with Crippen molar-refractivity contribution in [2.24, 2.45) is 0 Å². The molecule has 1 N–H and O–H groups in total. The van der Waals surface area contributed by atoms with Gasteiger partial charge in [0.25, 0.3) is 0 Å². The fourth-order valence-electron chi connectivity index (χ4n) is 3.20. The molecule has 1 aliphatic rings. The summed E-state index contributed by atoms with van der Waals surface area (Å²) in [6.45, 7) is 2.53. The van der Waals surface area contributed by atoms with Crippen LogP contribution in [0, 0.1) is 0 Å². The van der Waals surface area contributed by atoms with E-state index in [1.165, 1.54) is 7.11 Å². The number of aliphatic carboxylic acids is 1. The van der Waals surface area contributed by atoms with Crippen LogP contribution in [-0.2, 0) is 4.79 Å². The lowest BCUT2D eigenvalue weighted by atomic mass is 10.0. The van der Waals surface area contributed by atoms with Gasteiger partial charge in [-0.2, -0.15) is 0 Å². The molecule has 0 spiro atoms. The number of nitrogens with zero attached hydrogens (tertiary/aromatic N) is 4. The predicted octanol–water partition coefficient (Wildman–Crippen LogP) is 1.44. The van der Waals surface area contributed by atoms with E-state index in [0.29, 0.717) is 43.2 Å². The lowest BCUT2D eigenvalue weighted by molar-refractivity contribution is -0.143. The maximum atomic E-state index is 12.0. The van der Waals surface area contributed by atoms with Crippen molar-refractivity contribution in [1.82, 2.24) is 14.9 Å². The van der Waals surface area contributed by atoms with Crippen LogP contribution in [0.15, 0.2) is 36.8 Å². The van der Waals surface area contributed by atoms with Gasteiger partial charge in [0.15, 0.2) is 0 Å². The molecule has 1 atom stereocenters. The van der Waals surface area contributed by atoms with Gasteiger partial charge in [0.05, 0.1) is 20.4 Å². The van der Waals surface area contributed by atoms with Crippen molar-refractivity contribution in [1.29, 1.82) is 0 Å². The summed E-state index contributed by atoms with van der Waals surface area (Å²) in [4.78, 5) is 24.5. The highest BCUT2D eigenvalue weighted by Crippen LogP contribution is 2.33. The van der Waals surface area contributed by atoms with E-state index in [4.69, 9.17) is 9.47 Å². The Morgan fingerprint density at radius 1 is 1.15 bits per heavy atom. The molecule has 0 bridgehead atoms. The number of aromatic nitrogens is 2. The fourth-order valence-corrected chi connectivity index (χ4v) is 3.20. The topological polar surface area (TPSA) is 88.0 Å². The van der Waals surface area contributed by atoms with Gasteiger partial charge in [-0.3, -0.25) is 14.7 Å². The van der Waals surface area contributed by atoms with E-state index in [-0.39, 0.29) is 0 Å². The molecular weight excluding hydrogens is 336 g/mol. The molecule has 8 nitrogen and oxygen atoms in total. The summed E-state index contributed by atoms with van der Waals surface area (Å²) in [5, 5.41) is 9.87. The van der Waals surface area contributed by atoms with Gasteiger partial charge in [0.1, 0.15) is 23.4 Å². The summed E-state index contributed by atoms with van der Waals surface area (Å²) in [6, 6.07) is 4.42. The minimum Gasteiger partial charge on any atom is -0.497 e. The average molecular weight is 358 g/mol. The SMILES string of the molecule is COc1ccc(OC)c([C@@H](C(=O)O)N2CCN(c3cnccn3)CC2)c1. The molecule has 1 fully saturated rings. The molecule has 1 saturated heterocycles. The van der Waals surface area contributed by atoms with E-state index in [1.807, 2.05) is 4.90 Å². The van der Waals surface area contributed by atoms with Crippen molar-refractivity contribution in [3.63, 3.8) is 0 Å². The van der Waals surface area contributed by atoms with Crippen LogP contribution in [0.3, 0.4) is 0 Å². The molecule has 0 aliphatic carbocycles. The number of rotatable bonds is 6. The van der Waals surface area contributed by atoms with E-state index in [1.54, 1.807) is 43.9 Å². The molecule has 3 rings (SSSR count). The highest BCUT2D eigenvalue weighted by Gasteiger charge is 2.33. The van der Waals surface area contributed by atoms with Gasteiger partial charge < -0.3 is 19.5 Å². The van der Waals surface area contributed by atoms with E-state index in [2.05, 4.69) is 14.9 Å². The van der Waals surface area contributed by atoms with Crippen molar-refractivity contribution in [2.45, 2.75) is 6.04 Å². The summed E-state index contributed by atoms with van der Waals surface area (Å²) in [5.74, 6) is 1.03. The number of carbonyl (C=O) groups is 1. The Bertz CT molecular complexity index is 748. The van der Waals surface area contributed by atoms with Crippen LogP contribution in [0.4, 0.5) is 5.82 Å². The Kier molecular flexibility index (Phi) is 5.52. The van der Waals surface area contributed by atoms with Gasteiger partial charge in [0.2, 0.25) is 0 Å². The number of hydrogen-bond donors (Lipinski definition) is 1. The maximum absolute atomic E-state index is 12.0. The van der Waals surface area contributed by atoms with Gasteiger partial charge in [-0.25, -0.2) is 4.98 Å². The van der Waals surface area contributed by atoms with Crippen LogP contribution in [0.25, 0.3) is 0 Å². The standard InChI is InChI=1S/C18H22N4O4/c1-25-13-3-4-15(26-2)14(11-13)17(18(23)24)22-9-7-21(8-10-22)16-12-19-5-6-20-16/h3-6,11-12,17H,7-10H2,1-2H3,(H,23,24)/t17-/m0/s1. The largest absolute Gasteiger partial charge is 0.497 e. The number of benzene rings is 1. The van der Waals surface area contributed by atoms with E-state index < -0.39 is 12.0 Å². The number of hydrogen-bond acceptors (Lipinski definition) is 7. The van der Waals surface area contributed by atoms with Crippen molar-refractivity contribution >= 4 is 11.8 Å². The number of carboxylic acids is 1. The molecule has 0 amide bonds. The molecular formula is C18H22N4O4. The van der Waals surface area contributed by atoms with Crippen LogP contribution in [0.2, 0.25) is 0 Å². The number of ether oxygens (including phenoxy) is 2. The molecule has 0 unspecified atom stereocenters. The highest BCUT2D eigenvalue weighted by atomic mass is 16.5. The third kappa shape index (κ3) is 3.70. The van der Waals surface area contributed by atoms with Gasteiger partial charge in [0, 0.05) is 44.1 Å². The number of piperazine rings is 1. The van der Waals surface area contributed by atoms with E-state index >= 15 is 0 Å². The fraction of sp³-hybridized carbons (Fsp3) is 0.389. The van der Waals surface area contributed by atoms with Gasteiger partial charge >= 0.3 is 5.97 Å². The molecule has 0 saturated carbocycles. The Morgan fingerprint density at radius 3 is 2.50 bits per heavy atom. The van der Waals surface area contributed by atoms with Crippen molar-refractivity contribution < 1.29 is 19.4 Å². The van der Waals surface area contributed by atoms with Crippen LogP contribution < -0.4 is 14.4 Å². The summed E-state index contributed by atoms with van der Waals surface area (Å²) in [5.41, 5.74) is 0.590. The second-order valence-electron chi connectivity index (χ2n) is 5.94. The van der Waals surface area contributed by atoms with Crippen molar-refractivity contribution in [3.05, 3.63) is 42.4 Å². The zero-order valence-corrected chi connectivity index (χ0v) is 14.8. The first-order valence-electron chi connectivity index (χ1n) is 8.33. The number of methoxy groups -OCH3 is 2.